The highest BCUT2D eigenvalue weighted by Gasteiger charge is 2.14. The van der Waals surface area contributed by atoms with Crippen molar-refractivity contribution in [2.24, 2.45) is 5.92 Å². The molecular formula is C20H24N2O3. The van der Waals surface area contributed by atoms with Crippen LogP contribution in [-0.4, -0.2) is 18.4 Å². The van der Waals surface area contributed by atoms with Crippen molar-refractivity contribution < 1.29 is 14.0 Å². The summed E-state index contributed by atoms with van der Waals surface area (Å²) in [5, 5.41) is 5.69. The lowest BCUT2D eigenvalue weighted by molar-refractivity contribution is 0.0951. The summed E-state index contributed by atoms with van der Waals surface area (Å²) >= 11 is 0. The molecule has 0 radical (unpaired) electrons. The van der Waals surface area contributed by atoms with Crippen LogP contribution in [0.3, 0.4) is 0 Å². The highest BCUT2D eigenvalue weighted by molar-refractivity contribution is 6.02. The quantitative estimate of drug-likeness (QED) is 0.741. The Hall–Kier alpha value is -2.56. The Morgan fingerprint density at radius 2 is 1.80 bits per heavy atom. The van der Waals surface area contributed by atoms with Gasteiger partial charge in [0.15, 0.2) is 5.76 Å². The first-order valence-electron chi connectivity index (χ1n) is 8.95. The van der Waals surface area contributed by atoms with E-state index >= 15 is 0 Å². The first-order valence-corrected chi connectivity index (χ1v) is 8.95. The molecule has 5 nitrogen and oxygen atoms in total. The standard InChI is InChI=1S/C20H24N2O3/c23-19(21-13-3-7-15-5-1-2-6-15)16-9-11-17(12-10-16)22-20(24)18-8-4-14-25-18/h4,8-12,14-15H,1-3,5-7,13H2,(H,21,23)(H,22,24). The van der Waals surface area contributed by atoms with E-state index in [4.69, 9.17) is 4.42 Å². The summed E-state index contributed by atoms with van der Waals surface area (Å²) in [7, 11) is 0. The van der Waals surface area contributed by atoms with Gasteiger partial charge in [-0.3, -0.25) is 9.59 Å². The topological polar surface area (TPSA) is 71.3 Å². The minimum absolute atomic E-state index is 0.0738. The lowest BCUT2D eigenvalue weighted by atomic mass is 10.0. The maximum Gasteiger partial charge on any atom is 0.291 e. The zero-order valence-electron chi connectivity index (χ0n) is 14.3. The van der Waals surface area contributed by atoms with E-state index in [-0.39, 0.29) is 17.6 Å². The summed E-state index contributed by atoms with van der Waals surface area (Å²) in [6.45, 7) is 0.715. The molecule has 0 unspecified atom stereocenters. The van der Waals surface area contributed by atoms with Gasteiger partial charge >= 0.3 is 0 Å². The van der Waals surface area contributed by atoms with E-state index in [2.05, 4.69) is 10.6 Å². The molecule has 1 saturated carbocycles. The maximum atomic E-state index is 12.1. The molecule has 2 amide bonds. The monoisotopic (exact) mass is 340 g/mol. The lowest BCUT2D eigenvalue weighted by Gasteiger charge is -2.10. The Morgan fingerprint density at radius 3 is 2.48 bits per heavy atom. The number of hydrogen-bond donors (Lipinski definition) is 2. The number of rotatable bonds is 7. The minimum Gasteiger partial charge on any atom is -0.459 e. The van der Waals surface area contributed by atoms with E-state index in [0.29, 0.717) is 17.8 Å². The van der Waals surface area contributed by atoms with Crippen LogP contribution in [-0.2, 0) is 0 Å². The molecule has 1 heterocycles. The van der Waals surface area contributed by atoms with Crippen LogP contribution < -0.4 is 10.6 Å². The summed E-state index contributed by atoms with van der Waals surface area (Å²) in [4.78, 5) is 24.0. The van der Waals surface area contributed by atoms with Gasteiger partial charge in [-0.25, -0.2) is 0 Å². The van der Waals surface area contributed by atoms with Crippen LogP contribution in [0.25, 0.3) is 0 Å². The van der Waals surface area contributed by atoms with Crippen LogP contribution in [0.1, 0.15) is 59.4 Å². The van der Waals surface area contributed by atoms with Gasteiger partial charge in [0.2, 0.25) is 0 Å². The fourth-order valence-electron chi connectivity index (χ4n) is 3.30. The van der Waals surface area contributed by atoms with Crippen molar-refractivity contribution in [2.45, 2.75) is 38.5 Å². The summed E-state index contributed by atoms with van der Waals surface area (Å²) in [6.07, 6.45) is 9.11. The van der Waals surface area contributed by atoms with Gasteiger partial charge in [0.05, 0.1) is 6.26 Å². The van der Waals surface area contributed by atoms with Gasteiger partial charge < -0.3 is 15.1 Å². The molecule has 1 aromatic carbocycles. The maximum absolute atomic E-state index is 12.1. The number of carbonyl (C=O) groups excluding carboxylic acids is 2. The molecule has 132 valence electrons. The fourth-order valence-corrected chi connectivity index (χ4v) is 3.30. The highest BCUT2D eigenvalue weighted by Crippen LogP contribution is 2.28. The van der Waals surface area contributed by atoms with Crippen molar-refractivity contribution in [1.29, 1.82) is 0 Å². The number of nitrogens with one attached hydrogen (secondary N) is 2. The predicted octanol–water partition coefficient (Wildman–Crippen LogP) is 4.23. The number of anilines is 1. The second kappa shape index (κ2) is 8.51. The molecule has 0 saturated heterocycles. The minimum atomic E-state index is -0.311. The first kappa shape index (κ1) is 17.3. The van der Waals surface area contributed by atoms with Crippen LogP contribution >= 0.6 is 0 Å². The van der Waals surface area contributed by atoms with Crippen molar-refractivity contribution in [3.05, 3.63) is 54.0 Å². The Labute approximate surface area is 147 Å². The van der Waals surface area contributed by atoms with Gasteiger partial charge in [-0.05, 0) is 55.2 Å². The Kier molecular flexibility index (Phi) is 5.88. The molecule has 1 fully saturated rings. The Balaban J connectivity index is 1.43. The van der Waals surface area contributed by atoms with Crippen molar-refractivity contribution in [1.82, 2.24) is 5.32 Å². The fraction of sp³-hybridized carbons (Fsp3) is 0.400. The summed E-state index contributed by atoms with van der Waals surface area (Å²) in [6, 6.07) is 10.1. The zero-order chi connectivity index (χ0) is 17.5. The smallest absolute Gasteiger partial charge is 0.291 e. The molecule has 1 aliphatic carbocycles. The van der Waals surface area contributed by atoms with Crippen molar-refractivity contribution in [3.8, 4) is 0 Å². The van der Waals surface area contributed by atoms with E-state index in [1.54, 1.807) is 36.4 Å². The van der Waals surface area contributed by atoms with Crippen LogP contribution in [0.2, 0.25) is 0 Å². The van der Waals surface area contributed by atoms with E-state index in [1.807, 2.05) is 0 Å². The normalized spacial score (nSPS) is 14.4. The molecule has 5 heteroatoms. The Bertz CT molecular complexity index is 686. The van der Waals surface area contributed by atoms with E-state index in [0.717, 1.165) is 12.3 Å². The molecule has 1 aliphatic rings. The number of hydrogen-bond acceptors (Lipinski definition) is 3. The number of furan rings is 1. The number of carbonyl (C=O) groups is 2. The van der Waals surface area contributed by atoms with Gasteiger partial charge in [-0.15, -0.1) is 0 Å². The summed E-state index contributed by atoms with van der Waals surface area (Å²) in [5.41, 5.74) is 1.22. The molecule has 2 aromatic rings. The van der Waals surface area contributed by atoms with Gasteiger partial charge in [0.1, 0.15) is 0 Å². The van der Waals surface area contributed by atoms with E-state index < -0.39 is 0 Å². The molecule has 2 N–H and O–H groups in total. The predicted molar refractivity (Wildman–Crippen MR) is 96.6 cm³/mol. The second-order valence-corrected chi connectivity index (χ2v) is 6.56. The third-order valence-corrected chi connectivity index (χ3v) is 4.70. The number of amides is 2. The Morgan fingerprint density at radius 1 is 1.04 bits per heavy atom. The van der Waals surface area contributed by atoms with Gasteiger partial charge in [-0.2, -0.15) is 0 Å². The van der Waals surface area contributed by atoms with Crippen molar-refractivity contribution in [3.63, 3.8) is 0 Å². The molecule has 0 aliphatic heterocycles. The van der Waals surface area contributed by atoms with Crippen LogP contribution in [0, 0.1) is 5.92 Å². The summed E-state index contributed by atoms with van der Waals surface area (Å²) in [5.74, 6) is 0.725. The third-order valence-electron chi connectivity index (χ3n) is 4.70. The van der Waals surface area contributed by atoms with Crippen LogP contribution in [0.5, 0.6) is 0 Å². The number of benzene rings is 1. The van der Waals surface area contributed by atoms with Gasteiger partial charge in [0, 0.05) is 17.8 Å². The van der Waals surface area contributed by atoms with Gasteiger partial charge in [-0.1, -0.05) is 25.7 Å². The second-order valence-electron chi connectivity index (χ2n) is 6.56. The highest BCUT2D eigenvalue weighted by atomic mass is 16.3. The van der Waals surface area contributed by atoms with Gasteiger partial charge in [0.25, 0.3) is 11.8 Å². The van der Waals surface area contributed by atoms with E-state index in [1.165, 1.54) is 38.4 Å². The molecule has 1 aromatic heterocycles. The molecule has 0 atom stereocenters. The van der Waals surface area contributed by atoms with E-state index in [9.17, 15) is 9.59 Å². The SMILES string of the molecule is O=C(NCCCC1CCCC1)c1ccc(NC(=O)c2ccco2)cc1. The molecule has 25 heavy (non-hydrogen) atoms. The molecule has 0 bridgehead atoms. The average molecular weight is 340 g/mol. The van der Waals surface area contributed by atoms with Crippen LogP contribution in [0.4, 0.5) is 5.69 Å². The zero-order valence-corrected chi connectivity index (χ0v) is 14.3. The molecule has 3 rings (SSSR count). The third kappa shape index (κ3) is 4.95. The van der Waals surface area contributed by atoms with Crippen molar-refractivity contribution in [2.75, 3.05) is 11.9 Å². The first-order chi connectivity index (χ1) is 12.2. The van der Waals surface area contributed by atoms with Crippen molar-refractivity contribution >= 4 is 17.5 Å². The average Bonchev–Trinajstić information content (AvgIpc) is 3.32. The largest absolute Gasteiger partial charge is 0.459 e. The molecular weight excluding hydrogens is 316 g/mol. The molecule has 0 spiro atoms. The lowest BCUT2D eigenvalue weighted by Crippen LogP contribution is -2.24. The van der Waals surface area contributed by atoms with Crippen LogP contribution in [0.15, 0.2) is 47.1 Å². The summed E-state index contributed by atoms with van der Waals surface area (Å²) < 4.78 is 5.05.